The number of nitrogens with one attached hydrogen (secondary N) is 2. The molecule has 1 amide bonds. The number of H-pyrrole nitrogens is 2. The summed E-state index contributed by atoms with van der Waals surface area (Å²) in [6, 6.07) is 11.9. The van der Waals surface area contributed by atoms with Crippen LogP contribution < -0.4 is 4.90 Å². The van der Waals surface area contributed by atoms with E-state index in [0.29, 0.717) is 5.02 Å². The van der Waals surface area contributed by atoms with E-state index >= 15 is 0 Å². The summed E-state index contributed by atoms with van der Waals surface area (Å²) < 4.78 is 0. The summed E-state index contributed by atoms with van der Waals surface area (Å²) in [5, 5.41) is 8.92. The second-order valence-corrected chi connectivity index (χ2v) is 7.42. The van der Waals surface area contributed by atoms with Crippen LogP contribution in [-0.4, -0.2) is 57.2 Å². The maximum Gasteiger partial charge on any atom is 0.219 e. The number of halogens is 1. The normalized spacial score (nSPS) is 14.9. The van der Waals surface area contributed by atoms with Gasteiger partial charge >= 0.3 is 0 Å². The van der Waals surface area contributed by atoms with Crippen molar-refractivity contribution >= 4 is 45.1 Å². The third-order valence-electron chi connectivity index (χ3n) is 5.33. The summed E-state index contributed by atoms with van der Waals surface area (Å²) in [7, 11) is 0. The van der Waals surface area contributed by atoms with Crippen LogP contribution >= 0.6 is 11.6 Å². The summed E-state index contributed by atoms with van der Waals surface area (Å²) >= 11 is 6.23. The number of rotatable bonds is 2. The minimum atomic E-state index is 0.139. The molecule has 0 saturated carbocycles. The molecular weight excluding hydrogens is 376 g/mol. The van der Waals surface area contributed by atoms with Gasteiger partial charge in [0.25, 0.3) is 0 Å². The second kappa shape index (κ2) is 6.53. The largest absolute Gasteiger partial charge is 0.368 e. The predicted molar refractivity (Wildman–Crippen MR) is 111 cm³/mol. The molecule has 7 nitrogen and oxygen atoms in total. The van der Waals surface area contributed by atoms with E-state index < -0.39 is 0 Å². The number of carbonyl (C=O) groups is 1. The molecule has 3 heterocycles. The van der Waals surface area contributed by atoms with Gasteiger partial charge in [0.15, 0.2) is 5.82 Å². The first kappa shape index (κ1) is 17.1. The molecule has 0 spiro atoms. The molecule has 28 heavy (non-hydrogen) atoms. The fraction of sp³-hybridized carbons (Fsp3) is 0.250. The van der Waals surface area contributed by atoms with E-state index in [1.54, 1.807) is 6.92 Å². The van der Waals surface area contributed by atoms with Crippen LogP contribution in [0.5, 0.6) is 0 Å². The summed E-state index contributed by atoms with van der Waals surface area (Å²) in [5.41, 5.74) is 4.55. The minimum absolute atomic E-state index is 0.139. The molecular formula is C20H19ClN6O. The number of hydrogen-bond donors (Lipinski definition) is 2. The van der Waals surface area contributed by atoms with Crippen molar-refractivity contribution in [1.29, 1.82) is 0 Å². The number of hydrogen-bond acceptors (Lipinski definition) is 4. The van der Waals surface area contributed by atoms with Crippen molar-refractivity contribution in [2.45, 2.75) is 6.92 Å². The van der Waals surface area contributed by atoms with Crippen molar-refractivity contribution in [1.82, 2.24) is 25.1 Å². The van der Waals surface area contributed by atoms with Gasteiger partial charge in [0.1, 0.15) is 11.2 Å². The number of aromatic nitrogens is 4. The maximum atomic E-state index is 11.5. The van der Waals surface area contributed by atoms with Gasteiger partial charge < -0.3 is 14.8 Å². The van der Waals surface area contributed by atoms with Gasteiger partial charge in [-0.25, -0.2) is 4.98 Å². The summed E-state index contributed by atoms with van der Waals surface area (Å²) in [6.45, 7) is 4.79. The van der Waals surface area contributed by atoms with Crippen molar-refractivity contribution in [3.8, 4) is 11.5 Å². The number of anilines is 1. The number of amides is 1. The molecule has 5 rings (SSSR count). The molecule has 1 saturated heterocycles. The van der Waals surface area contributed by atoms with Gasteiger partial charge in [-0.3, -0.25) is 9.89 Å². The fourth-order valence-electron chi connectivity index (χ4n) is 3.78. The molecule has 0 aliphatic carbocycles. The SMILES string of the molecule is CC(=O)N1CCN(c2ccc3nc(-c4[nH]nc5c(Cl)cccc45)[nH]c3c2)CC1. The van der Waals surface area contributed by atoms with Gasteiger partial charge in [0, 0.05) is 44.2 Å². The number of aromatic amines is 2. The predicted octanol–water partition coefficient (Wildman–Crippen LogP) is 3.43. The van der Waals surface area contributed by atoms with E-state index in [-0.39, 0.29) is 5.91 Å². The smallest absolute Gasteiger partial charge is 0.219 e. The molecule has 0 unspecified atom stereocenters. The molecule has 2 aromatic carbocycles. The third kappa shape index (κ3) is 2.79. The molecule has 1 aliphatic rings. The molecule has 0 atom stereocenters. The highest BCUT2D eigenvalue weighted by Gasteiger charge is 2.20. The number of carbonyl (C=O) groups excluding carboxylic acids is 1. The number of piperazine rings is 1. The van der Waals surface area contributed by atoms with Crippen LogP contribution in [0.2, 0.25) is 5.02 Å². The number of benzene rings is 2. The molecule has 2 N–H and O–H groups in total. The number of fused-ring (bicyclic) bond motifs is 2. The van der Waals surface area contributed by atoms with Crippen molar-refractivity contribution in [2.75, 3.05) is 31.1 Å². The molecule has 142 valence electrons. The lowest BCUT2D eigenvalue weighted by molar-refractivity contribution is -0.129. The lowest BCUT2D eigenvalue weighted by Crippen LogP contribution is -2.48. The molecule has 8 heteroatoms. The third-order valence-corrected chi connectivity index (χ3v) is 5.63. The van der Waals surface area contributed by atoms with Gasteiger partial charge in [0.2, 0.25) is 5.91 Å². The molecule has 1 fully saturated rings. The van der Waals surface area contributed by atoms with E-state index in [4.69, 9.17) is 16.6 Å². The van der Waals surface area contributed by atoms with Crippen molar-refractivity contribution in [3.63, 3.8) is 0 Å². The summed E-state index contributed by atoms with van der Waals surface area (Å²) in [5.74, 6) is 0.874. The number of imidazole rings is 1. The van der Waals surface area contributed by atoms with Crippen LogP contribution in [0.1, 0.15) is 6.92 Å². The van der Waals surface area contributed by atoms with E-state index in [0.717, 1.165) is 65.3 Å². The Morgan fingerprint density at radius 3 is 2.75 bits per heavy atom. The highest BCUT2D eigenvalue weighted by atomic mass is 35.5. The van der Waals surface area contributed by atoms with Gasteiger partial charge in [0.05, 0.1) is 16.1 Å². The second-order valence-electron chi connectivity index (χ2n) is 7.01. The molecule has 1 aliphatic heterocycles. The molecule has 0 bridgehead atoms. The standard InChI is InChI=1S/C20H19ClN6O/c1-12(28)26-7-9-27(10-8-26)13-5-6-16-17(11-13)23-20(22-16)19-14-3-2-4-15(21)18(14)24-25-19/h2-6,11H,7-10H2,1H3,(H,22,23)(H,24,25). The van der Waals surface area contributed by atoms with Gasteiger partial charge in [-0.1, -0.05) is 23.7 Å². The first-order chi connectivity index (χ1) is 13.6. The lowest BCUT2D eigenvalue weighted by Gasteiger charge is -2.35. The fourth-order valence-corrected chi connectivity index (χ4v) is 3.99. The summed E-state index contributed by atoms with van der Waals surface area (Å²) in [6.07, 6.45) is 0. The van der Waals surface area contributed by atoms with Crippen LogP contribution in [-0.2, 0) is 4.79 Å². The van der Waals surface area contributed by atoms with Crippen molar-refractivity contribution in [2.24, 2.45) is 0 Å². The summed E-state index contributed by atoms with van der Waals surface area (Å²) in [4.78, 5) is 23.8. The van der Waals surface area contributed by atoms with E-state index in [1.807, 2.05) is 29.2 Å². The highest BCUT2D eigenvalue weighted by molar-refractivity contribution is 6.35. The Labute approximate surface area is 166 Å². The average molecular weight is 395 g/mol. The zero-order valence-electron chi connectivity index (χ0n) is 15.4. The minimum Gasteiger partial charge on any atom is -0.368 e. The Kier molecular flexibility index (Phi) is 3.98. The topological polar surface area (TPSA) is 80.9 Å². The Morgan fingerprint density at radius 1 is 1.14 bits per heavy atom. The highest BCUT2D eigenvalue weighted by Crippen LogP contribution is 2.30. The Balaban J connectivity index is 1.47. The van der Waals surface area contributed by atoms with Gasteiger partial charge in [-0.15, -0.1) is 0 Å². The quantitative estimate of drug-likeness (QED) is 0.545. The Hall–Kier alpha value is -3.06. The number of para-hydroxylation sites is 1. The van der Waals surface area contributed by atoms with Crippen LogP contribution in [0.15, 0.2) is 36.4 Å². The Bertz CT molecular complexity index is 1190. The Morgan fingerprint density at radius 2 is 1.96 bits per heavy atom. The average Bonchev–Trinajstić information content (AvgIpc) is 3.32. The van der Waals surface area contributed by atoms with E-state index in [2.05, 4.69) is 32.2 Å². The maximum absolute atomic E-state index is 11.5. The van der Waals surface area contributed by atoms with Crippen LogP contribution in [0.25, 0.3) is 33.5 Å². The lowest BCUT2D eigenvalue weighted by atomic mass is 10.2. The number of nitrogens with zero attached hydrogens (tertiary/aromatic N) is 4. The van der Waals surface area contributed by atoms with Crippen molar-refractivity contribution < 1.29 is 4.79 Å². The zero-order valence-corrected chi connectivity index (χ0v) is 16.1. The monoisotopic (exact) mass is 394 g/mol. The van der Waals surface area contributed by atoms with E-state index in [9.17, 15) is 4.79 Å². The van der Waals surface area contributed by atoms with E-state index in [1.165, 1.54) is 0 Å². The molecule has 2 aromatic heterocycles. The molecule has 4 aromatic rings. The molecule has 0 radical (unpaired) electrons. The first-order valence-electron chi connectivity index (χ1n) is 9.23. The van der Waals surface area contributed by atoms with Crippen LogP contribution in [0.3, 0.4) is 0 Å². The van der Waals surface area contributed by atoms with Crippen LogP contribution in [0, 0.1) is 0 Å². The van der Waals surface area contributed by atoms with Gasteiger partial charge in [-0.2, -0.15) is 5.10 Å². The first-order valence-corrected chi connectivity index (χ1v) is 9.61. The van der Waals surface area contributed by atoms with Crippen LogP contribution in [0.4, 0.5) is 5.69 Å². The zero-order chi connectivity index (χ0) is 19.3. The van der Waals surface area contributed by atoms with Crippen molar-refractivity contribution in [3.05, 3.63) is 41.4 Å². The van der Waals surface area contributed by atoms with Gasteiger partial charge in [-0.05, 0) is 24.3 Å².